The Kier molecular flexibility index (Phi) is 6.01. The zero-order valence-corrected chi connectivity index (χ0v) is 20.8. The average molecular weight is 532 g/mol. The number of nitrogens with one attached hydrogen (secondary N) is 2. The number of alkyl halides is 3. The van der Waals surface area contributed by atoms with Crippen molar-refractivity contribution < 1.29 is 26.4 Å². The number of rotatable bonds is 5. The maximum atomic E-state index is 13.4. The molecular formula is C25H24F3N5O3S. The van der Waals surface area contributed by atoms with Crippen LogP contribution >= 0.6 is 0 Å². The second-order valence-corrected chi connectivity index (χ2v) is 11.0. The number of nitrogens with zero attached hydrogens (tertiary/aromatic N) is 3. The largest absolute Gasteiger partial charge is 0.416 e. The maximum Gasteiger partial charge on any atom is 0.416 e. The van der Waals surface area contributed by atoms with Crippen molar-refractivity contribution >= 4 is 32.3 Å². The molecule has 1 aliphatic heterocycles. The first-order valence-corrected chi connectivity index (χ1v) is 13.0. The number of H-pyrrole nitrogens is 1. The molecule has 1 aliphatic rings. The zero-order valence-electron chi connectivity index (χ0n) is 20.0. The van der Waals surface area contributed by atoms with Crippen molar-refractivity contribution in [2.75, 3.05) is 18.0 Å². The highest BCUT2D eigenvalue weighted by atomic mass is 32.2. The highest BCUT2D eigenvalue weighted by Gasteiger charge is 2.32. The minimum atomic E-state index is -4.40. The van der Waals surface area contributed by atoms with Crippen LogP contribution < -0.4 is 10.2 Å². The van der Waals surface area contributed by atoms with Crippen LogP contribution in [0.2, 0.25) is 0 Å². The molecule has 1 atom stereocenters. The van der Waals surface area contributed by atoms with Crippen molar-refractivity contribution in [1.82, 2.24) is 20.1 Å². The van der Waals surface area contributed by atoms with Gasteiger partial charge in [-0.15, -0.1) is 0 Å². The number of carbonyl (C=O) groups excluding carboxylic acids is 1. The molecule has 2 N–H and O–H groups in total. The standard InChI is InChI=1S/C25H24F3N5O3S/c1-15-23(37(35,36)20-7-8-21-16(11-20)13-29-31-21)12-22(32(15)2)24(34)30-18-9-10-33(14-18)19-5-3-17(4-6-19)25(26,27)28/h3-8,11-13,18H,9-10,14H2,1-2H3,(H,29,31)(H,30,34)/t18-/m1/s1. The van der Waals surface area contributed by atoms with Gasteiger partial charge in [-0.1, -0.05) is 0 Å². The molecule has 5 rings (SSSR count). The first-order valence-electron chi connectivity index (χ1n) is 11.5. The van der Waals surface area contributed by atoms with Gasteiger partial charge >= 0.3 is 6.18 Å². The van der Waals surface area contributed by atoms with Crippen LogP contribution in [0.3, 0.4) is 0 Å². The Morgan fingerprint density at radius 1 is 1.14 bits per heavy atom. The van der Waals surface area contributed by atoms with E-state index in [1.54, 1.807) is 30.8 Å². The van der Waals surface area contributed by atoms with Gasteiger partial charge in [-0.3, -0.25) is 9.89 Å². The maximum absolute atomic E-state index is 13.4. The Bertz CT molecular complexity index is 1590. The van der Waals surface area contributed by atoms with Gasteiger partial charge in [-0.05, 0) is 61.9 Å². The van der Waals surface area contributed by atoms with E-state index in [4.69, 9.17) is 0 Å². The SMILES string of the molecule is Cc1c(S(=O)(=O)c2ccc3[nH]ncc3c2)cc(C(=O)N[C@@H]2CCN(c3ccc(C(F)(F)F)cc3)C2)n1C. The fourth-order valence-electron chi connectivity index (χ4n) is 4.61. The van der Waals surface area contributed by atoms with Crippen molar-refractivity contribution in [3.8, 4) is 0 Å². The molecule has 0 bridgehead atoms. The van der Waals surface area contributed by atoms with Crippen LogP contribution in [-0.4, -0.2) is 48.2 Å². The quantitative estimate of drug-likeness (QED) is 0.405. The van der Waals surface area contributed by atoms with Crippen molar-refractivity contribution in [2.45, 2.75) is 35.4 Å². The molecular weight excluding hydrogens is 507 g/mol. The summed E-state index contributed by atoms with van der Waals surface area (Å²) in [5.41, 5.74) is 1.27. The normalized spacial score (nSPS) is 16.5. The third-order valence-corrected chi connectivity index (χ3v) is 8.68. The molecule has 4 aromatic rings. The minimum Gasteiger partial charge on any atom is -0.369 e. The summed E-state index contributed by atoms with van der Waals surface area (Å²) in [5.74, 6) is -0.420. The molecule has 194 valence electrons. The number of carbonyl (C=O) groups is 1. The van der Waals surface area contributed by atoms with Crippen molar-refractivity contribution in [2.24, 2.45) is 7.05 Å². The van der Waals surface area contributed by atoms with Gasteiger partial charge in [0.1, 0.15) is 5.69 Å². The van der Waals surface area contributed by atoms with Crippen LogP contribution in [0, 0.1) is 6.92 Å². The van der Waals surface area contributed by atoms with Gasteiger partial charge < -0.3 is 14.8 Å². The van der Waals surface area contributed by atoms with Crippen LogP contribution in [0.15, 0.2) is 64.5 Å². The molecule has 1 fully saturated rings. The van der Waals surface area contributed by atoms with E-state index in [1.165, 1.54) is 30.3 Å². The summed E-state index contributed by atoms with van der Waals surface area (Å²) >= 11 is 0. The predicted molar refractivity (Wildman–Crippen MR) is 131 cm³/mol. The lowest BCUT2D eigenvalue weighted by atomic mass is 10.2. The number of hydrogen-bond donors (Lipinski definition) is 2. The first-order chi connectivity index (χ1) is 17.4. The minimum absolute atomic E-state index is 0.0424. The number of aromatic amines is 1. The van der Waals surface area contributed by atoms with Crippen LogP contribution in [-0.2, 0) is 23.1 Å². The number of benzene rings is 2. The number of sulfone groups is 1. The molecule has 2 aromatic carbocycles. The van der Waals surface area contributed by atoms with Crippen LogP contribution in [0.25, 0.3) is 10.9 Å². The van der Waals surface area contributed by atoms with Crippen LogP contribution in [0.5, 0.6) is 0 Å². The molecule has 3 heterocycles. The molecule has 0 saturated carbocycles. The summed E-state index contributed by atoms with van der Waals surface area (Å²) in [6.07, 6.45) is -2.25. The molecule has 0 spiro atoms. The van der Waals surface area contributed by atoms with E-state index in [0.29, 0.717) is 41.8 Å². The van der Waals surface area contributed by atoms with Crippen LogP contribution in [0.4, 0.5) is 18.9 Å². The Hall–Kier alpha value is -3.80. The molecule has 2 aromatic heterocycles. The highest BCUT2D eigenvalue weighted by Crippen LogP contribution is 2.32. The summed E-state index contributed by atoms with van der Waals surface area (Å²) in [4.78, 5) is 15.2. The molecule has 0 aliphatic carbocycles. The van der Waals surface area contributed by atoms with E-state index >= 15 is 0 Å². The number of anilines is 1. The van der Waals surface area contributed by atoms with Gasteiger partial charge in [0.15, 0.2) is 0 Å². The molecule has 8 nitrogen and oxygen atoms in total. The molecule has 1 amide bonds. The Morgan fingerprint density at radius 3 is 2.57 bits per heavy atom. The lowest BCUT2D eigenvalue weighted by molar-refractivity contribution is -0.137. The molecule has 0 radical (unpaired) electrons. The molecule has 1 saturated heterocycles. The van der Waals surface area contributed by atoms with E-state index < -0.39 is 27.5 Å². The molecule has 37 heavy (non-hydrogen) atoms. The van der Waals surface area contributed by atoms with Gasteiger partial charge in [0.25, 0.3) is 5.91 Å². The fourth-order valence-corrected chi connectivity index (χ4v) is 6.19. The summed E-state index contributed by atoms with van der Waals surface area (Å²) in [6, 6.07) is 10.7. The Labute approximate surface area is 211 Å². The van der Waals surface area contributed by atoms with Gasteiger partial charge in [-0.2, -0.15) is 18.3 Å². The Balaban J connectivity index is 1.32. The summed E-state index contributed by atoms with van der Waals surface area (Å²) in [7, 11) is -2.26. The number of aromatic nitrogens is 3. The molecule has 0 unspecified atom stereocenters. The van der Waals surface area contributed by atoms with E-state index in [0.717, 1.165) is 12.1 Å². The molecule has 12 heteroatoms. The monoisotopic (exact) mass is 531 g/mol. The Morgan fingerprint density at radius 2 is 1.86 bits per heavy atom. The first kappa shape index (κ1) is 24.9. The lowest BCUT2D eigenvalue weighted by Crippen LogP contribution is -2.37. The number of fused-ring (bicyclic) bond motifs is 1. The highest BCUT2D eigenvalue weighted by molar-refractivity contribution is 7.91. The van der Waals surface area contributed by atoms with Gasteiger partial charge in [0.2, 0.25) is 9.84 Å². The fraction of sp³-hybridized carbons (Fsp3) is 0.280. The van der Waals surface area contributed by atoms with E-state index in [2.05, 4.69) is 15.5 Å². The smallest absolute Gasteiger partial charge is 0.369 e. The zero-order chi connectivity index (χ0) is 26.5. The van der Waals surface area contributed by atoms with Gasteiger partial charge in [0.05, 0.1) is 27.1 Å². The summed E-state index contributed by atoms with van der Waals surface area (Å²) < 4.78 is 66.8. The van der Waals surface area contributed by atoms with Crippen LogP contribution in [0.1, 0.15) is 28.2 Å². The van der Waals surface area contributed by atoms with E-state index in [1.807, 2.05) is 4.90 Å². The number of amides is 1. The topological polar surface area (TPSA) is 100 Å². The third kappa shape index (κ3) is 4.57. The van der Waals surface area contributed by atoms with Gasteiger partial charge in [0, 0.05) is 42.9 Å². The van der Waals surface area contributed by atoms with Gasteiger partial charge in [-0.25, -0.2) is 8.42 Å². The number of halogens is 3. The summed E-state index contributed by atoms with van der Waals surface area (Å²) in [6.45, 7) is 2.64. The van der Waals surface area contributed by atoms with Crippen molar-refractivity contribution in [1.29, 1.82) is 0 Å². The summed E-state index contributed by atoms with van der Waals surface area (Å²) in [5, 5.41) is 10.3. The second kappa shape index (κ2) is 8.94. The van der Waals surface area contributed by atoms with Crippen molar-refractivity contribution in [3.05, 3.63) is 71.7 Å². The second-order valence-electron chi connectivity index (χ2n) is 9.11. The third-order valence-electron chi connectivity index (χ3n) is 6.82. The predicted octanol–water partition coefficient (Wildman–Crippen LogP) is 4.07. The lowest BCUT2D eigenvalue weighted by Gasteiger charge is -2.20. The average Bonchev–Trinajstić information content (AvgIpc) is 3.58. The number of hydrogen-bond acceptors (Lipinski definition) is 5. The van der Waals surface area contributed by atoms with E-state index in [9.17, 15) is 26.4 Å². The van der Waals surface area contributed by atoms with Crippen molar-refractivity contribution in [3.63, 3.8) is 0 Å². The van der Waals surface area contributed by atoms with E-state index in [-0.39, 0.29) is 21.5 Å².